The van der Waals surface area contributed by atoms with Gasteiger partial charge in [0.25, 0.3) is 5.91 Å². The number of nitrogens with one attached hydrogen (secondary N) is 1. The predicted molar refractivity (Wildman–Crippen MR) is 80.0 cm³/mol. The Morgan fingerprint density at radius 2 is 2.35 bits per heavy atom. The van der Waals surface area contributed by atoms with E-state index in [4.69, 9.17) is 10.5 Å². The van der Waals surface area contributed by atoms with Gasteiger partial charge in [0.05, 0.1) is 18.7 Å². The molecular formula is C14H17N3O2S. The lowest BCUT2D eigenvalue weighted by Gasteiger charge is -2.16. The predicted octanol–water partition coefficient (Wildman–Crippen LogP) is 2.62. The highest BCUT2D eigenvalue weighted by Crippen LogP contribution is 2.24. The molecular weight excluding hydrogens is 274 g/mol. The van der Waals surface area contributed by atoms with Gasteiger partial charge in [0.1, 0.15) is 10.8 Å². The largest absolute Gasteiger partial charge is 0.496 e. The molecule has 1 amide bonds. The summed E-state index contributed by atoms with van der Waals surface area (Å²) < 4.78 is 5.20. The molecule has 106 valence electrons. The molecule has 1 unspecified atom stereocenters. The summed E-state index contributed by atoms with van der Waals surface area (Å²) in [4.78, 5) is 16.6. The molecule has 1 atom stereocenters. The number of nitrogens with two attached hydrogens (primary N) is 1. The minimum atomic E-state index is -0.212. The van der Waals surface area contributed by atoms with Crippen LogP contribution in [-0.2, 0) is 0 Å². The second-order valence-corrected chi connectivity index (χ2v) is 5.19. The Bertz CT molecular complexity index is 584. The zero-order valence-electron chi connectivity index (χ0n) is 11.4. The van der Waals surface area contributed by atoms with E-state index in [1.165, 1.54) is 18.4 Å². The Morgan fingerprint density at radius 1 is 1.55 bits per heavy atom. The molecule has 0 fully saturated rings. The third-order valence-corrected chi connectivity index (χ3v) is 3.82. The Balaban J connectivity index is 2.21. The van der Waals surface area contributed by atoms with E-state index < -0.39 is 0 Å². The average molecular weight is 291 g/mol. The molecule has 0 saturated heterocycles. The van der Waals surface area contributed by atoms with Crippen LogP contribution in [0, 0.1) is 0 Å². The normalized spacial score (nSPS) is 11.9. The third-order valence-electron chi connectivity index (χ3n) is 2.93. The summed E-state index contributed by atoms with van der Waals surface area (Å²) in [7, 11) is 1.53. The fraction of sp³-hybridized carbons (Fsp3) is 0.286. The Kier molecular flexibility index (Phi) is 4.57. The Hall–Kier alpha value is -2.08. The van der Waals surface area contributed by atoms with Crippen LogP contribution in [0.5, 0.6) is 5.75 Å². The molecule has 1 aromatic carbocycles. The zero-order valence-corrected chi connectivity index (χ0v) is 12.2. The number of thiazole rings is 1. The van der Waals surface area contributed by atoms with Crippen LogP contribution >= 0.6 is 11.3 Å². The number of carbonyl (C=O) groups excluding carboxylic acids is 1. The molecule has 1 aromatic heterocycles. The summed E-state index contributed by atoms with van der Waals surface area (Å²) in [5.41, 5.74) is 6.69. The van der Waals surface area contributed by atoms with Crippen LogP contribution in [0.4, 0.5) is 5.69 Å². The van der Waals surface area contributed by atoms with E-state index in [0.29, 0.717) is 17.0 Å². The first-order valence-electron chi connectivity index (χ1n) is 6.29. The maximum atomic E-state index is 12.4. The number of ether oxygens (including phenoxy) is 1. The quantitative estimate of drug-likeness (QED) is 0.830. The standard InChI is InChI=1S/C14H17N3O2S/c1-3-11(14-16-6-7-20-14)17-13(18)10-8-9(15)4-5-12(10)19-2/h4-8,11H,3,15H2,1-2H3,(H,17,18). The van der Waals surface area contributed by atoms with Gasteiger partial charge in [0.15, 0.2) is 0 Å². The number of methoxy groups -OCH3 is 1. The van der Waals surface area contributed by atoms with Gasteiger partial charge in [-0.25, -0.2) is 4.98 Å². The highest BCUT2D eigenvalue weighted by atomic mass is 32.1. The number of nitrogens with zero attached hydrogens (tertiary/aromatic N) is 1. The first-order chi connectivity index (χ1) is 9.65. The molecule has 0 aliphatic rings. The van der Waals surface area contributed by atoms with Gasteiger partial charge >= 0.3 is 0 Å². The smallest absolute Gasteiger partial charge is 0.255 e. The molecule has 0 saturated carbocycles. The van der Waals surface area contributed by atoms with E-state index in [1.807, 2.05) is 12.3 Å². The van der Waals surface area contributed by atoms with Gasteiger partial charge in [0.2, 0.25) is 0 Å². The molecule has 2 rings (SSSR count). The second-order valence-electron chi connectivity index (χ2n) is 4.26. The van der Waals surface area contributed by atoms with Crippen molar-refractivity contribution in [3.05, 3.63) is 40.3 Å². The number of rotatable bonds is 5. The van der Waals surface area contributed by atoms with Gasteiger partial charge in [-0.2, -0.15) is 0 Å². The number of hydrogen-bond donors (Lipinski definition) is 2. The van der Waals surface area contributed by atoms with Gasteiger partial charge in [-0.1, -0.05) is 6.92 Å². The SMILES string of the molecule is CCC(NC(=O)c1cc(N)ccc1OC)c1nccs1. The topological polar surface area (TPSA) is 77.2 Å². The molecule has 5 nitrogen and oxygen atoms in total. The van der Waals surface area contributed by atoms with Crippen LogP contribution < -0.4 is 15.8 Å². The lowest BCUT2D eigenvalue weighted by atomic mass is 10.1. The van der Waals surface area contributed by atoms with Crippen LogP contribution in [-0.4, -0.2) is 18.0 Å². The number of hydrogen-bond acceptors (Lipinski definition) is 5. The molecule has 0 bridgehead atoms. The minimum absolute atomic E-state index is 0.103. The Labute approximate surface area is 121 Å². The maximum absolute atomic E-state index is 12.4. The van der Waals surface area contributed by atoms with Crippen molar-refractivity contribution in [1.82, 2.24) is 10.3 Å². The van der Waals surface area contributed by atoms with Crippen molar-refractivity contribution in [2.45, 2.75) is 19.4 Å². The summed E-state index contributed by atoms with van der Waals surface area (Å²) in [6, 6.07) is 4.90. The summed E-state index contributed by atoms with van der Waals surface area (Å²) in [5, 5.41) is 5.75. The average Bonchev–Trinajstić information content (AvgIpc) is 2.98. The Morgan fingerprint density at radius 3 is 2.95 bits per heavy atom. The molecule has 6 heteroatoms. The number of aromatic nitrogens is 1. The van der Waals surface area contributed by atoms with Gasteiger partial charge in [-0.05, 0) is 24.6 Å². The molecule has 0 spiro atoms. The van der Waals surface area contributed by atoms with Gasteiger partial charge < -0.3 is 15.8 Å². The number of amides is 1. The van der Waals surface area contributed by atoms with Crippen LogP contribution in [0.3, 0.4) is 0 Å². The monoisotopic (exact) mass is 291 g/mol. The van der Waals surface area contributed by atoms with Crippen molar-refractivity contribution >= 4 is 22.9 Å². The zero-order chi connectivity index (χ0) is 14.5. The van der Waals surface area contributed by atoms with Crippen molar-refractivity contribution in [2.75, 3.05) is 12.8 Å². The van der Waals surface area contributed by atoms with Crippen LogP contribution in [0.1, 0.15) is 34.8 Å². The fourth-order valence-corrected chi connectivity index (χ4v) is 2.66. The van der Waals surface area contributed by atoms with E-state index in [-0.39, 0.29) is 11.9 Å². The number of nitrogen functional groups attached to an aromatic ring is 1. The first kappa shape index (κ1) is 14.3. The molecule has 3 N–H and O–H groups in total. The molecule has 20 heavy (non-hydrogen) atoms. The fourth-order valence-electron chi connectivity index (χ4n) is 1.88. The third kappa shape index (κ3) is 3.08. The number of anilines is 1. The first-order valence-corrected chi connectivity index (χ1v) is 7.17. The van der Waals surface area contributed by atoms with Crippen LogP contribution in [0.15, 0.2) is 29.8 Å². The van der Waals surface area contributed by atoms with Crippen molar-refractivity contribution in [3.63, 3.8) is 0 Å². The molecule has 0 radical (unpaired) electrons. The van der Waals surface area contributed by atoms with E-state index in [9.17, 15) is 4.79 Å². The highest BCUT2D eigenvalue weighted by molar-refractivity contribution is 7.09. The van der Waals surface area contributed by atoms with Crippen molar-refractivity contribution in [3.8, 4) is 5.75 Å². The second kappa shape index (κ2) is 6.38. The summed E-state index contributed by atoms with van der Waals surface area (Å²) >= 11 is 1.52. The summed E-state index contributed by atoms with van der Waals surface area (Å²) in [6.45, 7) is 2.00. The number of benzene rings is 1. The maximum Gasteiger partial charge on any atom is 0.255 e. The van der Waals surface area contributed by atoms with Crippen LogP contribution in [0.2, 0.25) is 0 Å². The van der Waals surface area contributed by atoms with Gasteiger partial charge in [-0.3, -0.25) is 4.79 Å². The number of carbonyl (C=O) groups is 1. The molecule has 0 aliphatic heterocycles. The van der Waals surface area contributed by atoms with E-state index >= 15 is 0 Å². The lowest BCUT2D eigenvalue weighted by molar-refractivity contribution is 0.0932. The van der Waals surface area contributed by atoms with Crippen molar-refractivity contribution in [2.24, 2.45) is 0 Å². The van der Waals surface area contributed by atoms with Gasteiger partial charge in [-0.15, -0.1) is 11.3 Å². The van der Waals surface area contributed by atoms with E-state index in [2.05, 4.69) is 10.3 Å². The molecule has 1 heterocycles. The minimum Gasteiger partial charge on any atom is -0.496 e. The summed E-state index contributed by atoms with van der Waals surface area (Å²) in [6.07, 6.45) is 2.50. The van der Waals surface area contributed by atoms with Crippen molar-refractivity contribution in [1.29, 1.82) is 0 Å². The lowest BCUT2D eigenvalue weighted by Crippen LogP contribution is -2.28. The van der Waals surface area contributed by atoms with Crippen LogP contribution in [0.25, 0.3) is 0 Å². The van der Waals surface area contributed by atoms with E-state index in [0.717, 1.165) is 11.4 Å². The molecule has 0 aliphatic carbocycles. The summed E-state index contributed by atoms with van der Waals surface area (Å²) in [5.74, 6) is 0.293. The van der Waals surface area contributed by atoms with Gasteiger partial charge in [0, 0.05) is 17.3 Å². The van der Waals surface area contributed by atoms with Crippen molar-refractivity contribution < 1.29 is 9.53 Å². The highest BCUT2D eigenvalue weighted by Gasteiger charge is 2.19. The van der Waals surface area contributed by atoms with E-state index in [1.54, 1.807) is 24.4 Å². The molecule has 2 aromatic rings.